The Labute approximate surface area is 157 Å². The molecule has 2 aliphatic rings. The number of carbonyl (C=O) groups is 1. The van der Waals surface area contributed by atoms with Crippen LogP contribution in [0.2, 0.25) is 0 Å². The zero-order chi connectivity index (χ0) is 18.7. The van der Waals surface area contributed by atoms with E-state index >= 15 is 0 Å². The lowest BCUT2D eigenvalue weighted by Gasteiger charge is -2.31. The molecule has 4 heterocycles. The molecular formula is C19H23FN4O3. The Hall–Kier alpha value is -2.32. The first-order valence-corrected chi connectivity index (χ1v) is 9.18. The van der Waals surface area contributed by atoms with E-state index < -0.39 is 11.4 Å². The van der Waals surface area contributed by atoms with E-state index in [0.717, 1.165) is 19.2 Å². The van der Waals surface area contributed by atoms with E-state index in [2.05, 4.69) is 9.97 Å². The first-order chi connectivity index (χ1) is 13.1. The summed E-state index contributed by atoms with van der Waals surface area (Å²) in [6, 6.07) is 2.87. The minimum absolute atomic E-state index is 0.0411. The zero-order valence-corrected chi connectivity index (χ0v) is 15.1. The van der Waals surface area contributed by atoms with Crippen molar-refractivity contribution in [2.24, 2.45) is 5.92 Å². The summed E-state index contributed by atoms with van der Waals surface area (Å²) >= 11 is 0. The molecule has 0 bridgehead atoms. The Morgan fingerprint density at radius 2 is 2.33 bits per heavy atom. The largest absolute Gasteiger partial charge is 0.377 e. The van der Waals surface area contributed by atoms with Crippen molar-refractivity contribution in [3.05, 3.63) is 48.6 Å². The van der Waals surface area contributed by atoms with E-state index in [0.29, 0.717) is 44.5 Å². The van der Waals surface area contributed by atoms with Crippen LogP contribution in [-0.2, 0) is 27.2 Å². The van der Waals surface area contributed by atoms with Crippen molar-refractivity contribution >= 4 is 5.91 Å². The van der Waals surface area contributed by atoms with Gasteiger partial charge in [-0.2, -0.15) is 0 Å². The van der Waals surface area contributed by atoms with Gasteiger partial charge in [0.25, 0.3) is 0 Å². The van der Waals surface area contributed by atoms with Crippen LogP contribution in [0.1, 0.15) is 12.1 Å². The number of hydrogen-bond donors (Lipinski definition) is 0. The van der Waals surface area contributed by atoms with Gasteiger partial charge in [-0.15, -0.1) is 0 Å². The van der Waals surface area contributed by atoms with Crippen molar-refractivity contribution in [2.45, 2.75) is 25.0 Å². The average Bonchev–Trinajstić information content (AvgIpc) is 3.25. The Bertz CT molecular complexity index is 768. The normalized spacial score (nSPS) is 25.7. The molecule has 1 amide bonds. The van der Waals surface area contributed by atoms with Crippen LogP contribution in [0.5, 0.6) is 0 Å². The molecule has 0 radical (unpaired) electrons. The molecule has 8 heteroatoms. The Morgan fingerprint density at radius 3 is 3.11 bits per heavy atom. The molecule has 0 N–H and O–H groups in total. The highest BCUT2D eigenvalue weighted by Crippen LogP contribution is 2.33. The predicted octanol–water partition coefficient (Wildman–Crippen LogP) is 1.29. The molecule has 2 aromatic rings. The molecule has 2 saturated heterocycles. The van der Waals surface area contributed by atoms with E-state index in [1.165, 1.54) is 6.07 Å². The van der Waals surface area contributed by atoms with Crippen LogP contribution >= 0.6 is 0 Å². The average molecular weight is 374 g/mol. The van der Waals surface area contributed by atoms with Gasteiger partial charge in [-0.1, -0.05) is 0 Å². The highest BCUT2D eigenvalue weighted by Gasteiger charge is 2.44. The van der Waals surface area contributed by atoms with Crippen LogP contribution in [0.25, 0.3) is 0 Å². The molecule has 0 aromatic carbocycles. The molecule has 0 aliphatic carbocycles. The number of ether oxygens (including phenoxy) is 2. The maximum atomic E-state index is 13.0. The summed E-state index contributed by atoms with van der Waals surface area (Å²) in [6.07, 6.45) is 7.64. The summed E-state index contributed by atoms with van der Waals surface area (Å²) in [6.45, 7) is 3.49. The maximum absolute atomic E-state index is 13.0. The highest BCUT2D eigenvalue weighted by molar-refractivity contribution is 5.78. The van der Waals surface area contributed by atoms with Gasteiger partial charge in [0.05, 0.1) is 45.3 Å². The van der Waals surface area contributed by atoms with Gasteiger partial charge in [0.15, 0.2) is 0 Å². The minimum Gasteiger partial charge on any atom is -0.377 e. The lowest BCUT2D eigenvalue weighted by Crippen LogP contribution is -2.46. The number of amides is 1. The van der Waals surface area contributed by atoms with E-state index in [-0.39, 0.29) is 12.3 Å². The number of rotatable bonds is 4. The van der Waals surface area contributed by atoms with Crippen molar-refractivity contribution in [1.82, 2.24) is 19.4 Å². The summed E-state index contributed by atoms with van der Waals surface area (Å²) in [7, 11) is 0. The number of imidazole rings is 1. The zero-order valence-electron chi connectivity index (χ0n) is 15.1. The molecule has 1 spiro atoms. The fourth-order valence-electron chi connectivity index (χ4n) is 3.86. The maximum Gasteiger partial charge on any atom is 0.228 e. The fourth-order valence-corrected chi connectivity index (χ4v) is 3.86. The first-order valence-electron chi connectivity index (χ1n) is 9.18. The van der Waals surface area contributed by atoms with Crippen molar-refractivity contribution in [1.29, 1.82) is 0 Å². The minimum atomic E-state index is -0.465. The molecular weight excluding hydrogens is 351 g/mol. The first kappa shape index (κ1) is 18.1. The summed E-state index contributed by atoms with van der Waals surface area (Å²) < 4.78 is 27.0. The number of halogens is 1. The smallest absolute Gasteiger partial charge is 0.228 e. The third-order valence-corrected chi connectivity index (χ3v) is 5.14. The van der Waals surface area contributed by atoms with Gasteiger partial charge < -0.3 is 18.9 Å². The third-order valence-electron chi connectivity index (χ3n) is 5.14. The number of carbonyl (C=O) groups excluding carboxylic acids is 1. The molecule has 2 aliphatic heterocycles. The van der Waals surface area contributed by atoms with Crippen molar-refractivity contribution in [3.63, 3.8) is 0 Å². The van der Waals surface area contributed by atoms with E-state index in [1.807, 2.05) is 10.8 Å². The summed E-state index contributed by atoms with van der Waals surface area (Å²) in [5.41, 5.74) is 0.0964. The summed E-state index contributed by atoms with van der Waals surface area (Å²) in [4.78, 5) is 22.6. The molecule has 7 nitrogen and oxygen atoms in total. The quantitative estimate of drug-likeness (QED) is 0.807. The number of nitrogens with zero attached hydrogens (tertiary/aromatic N) is 4. The molecule has 2 aromatic heterocycles. The van der Waals surface area contributed by atoms with Gasteiger partial charge in [-0.05, 0) is 18.6 Å². The van der Waals surface area contributed by atoms with Gasteiger partial charge in [0.2, 0.25) is 5.91 Å². The Balaban J connectivity index is 1.39. The van der Waals surface area contributed by atoms with E-state index in [4.69, 9.17) is 9.47 Å². The molecule has 0 saturated carbocycles. The topological polar surface area (TPSA) is 69.5 Å². The van der Waals surface area contributed by atoms with Crippen molar-refractivity contribution < 1.29 is 18.7 Å². The number of pyridine rings is 1. The monoisotopic (exact) mass is 374 g/mol. The fraction of sp³-hybridized carbons (Fsp3) is 0.526. The second-order valence-corrected chi connectivity index (χ2v) is 7.34. The van der Waals surface area contributed by atoms with Gasteiger partial charge in [-0.3, -0.25) is 9.78 Å². The molecule has 27 heavy (non-hydrogen) atoms. The predicted molar refractivity (Wildman–Crippen MR) is 94.3 cm³/mol. The third kappa shape index (κ3) is 4.33. The number of hydrogen-bond acceptors (Lipinski definition) is 5. The summed E-state index contributed by atoms with van der Waals surface area (Å²) in [5.74, 6) is -0.0890. The van der Waals surface area contributed by atoms with E-state index in [1.54, 1.807) is 23.5 Å². The summed E-state index contributed by atoms with van der Waals surface area (Å²) in [5, 5.41) is 0. The van der Waals surface area contributed by atoms with Crippen LogP contribution in [-0.4, -0.2) is 63.9 Å². The highest BCUT2D eigenvalue weighted by atomic mass is 19.1. The van der Waals surface area contributed by atoms with Gasteiger partial charge in [0, 0.05) is 37.1 Å². The molecule has 2 unspecified atom stereocenters. The standard InChI is InChI=1S/C19H23FN4O3/c20-16-1-2-17(22-9-16)7-18(25)24-5-6-26-13-19(12-24)8-15(11-27-19)10-23-4-3-21-14-23/h1-4,9,14-15H,5-8,10-13H2. The van der Waals surface area contributed by atoms with Crippen LogP contribution in [0.15, 0.2) is 37.1 Å². The van der Waals surface area contributed by atoms with Crippen LogP contribution in [0, 0.1) is 11.7 Å². The van der Waals surface area contributed by atoms with Gasteiger partial charge in [-0.25, -0.2) is 9.37 Å². The Kier molecular flexibility index (Phi) is 5.18. The second kappa shape index (κ2) is 7.74. The molecule has 144 valence electrons. The molecule has 4 rings (SSSR count). The SMILES string of the molecule is O=C(Cc1ccc(F)cn1)N1CCOCC2(CC(Cn3ccnc3)CO2)C1. The van der Waals surface area contributed by atoms with E-state index in [9.17, 15) is 9.18 Å². The van der Waals surface area contributed by atoms with Crippen LogP contribution in [0.3, 0.4) is 0 Å². The second-order valence-electron chi connectivity index (χ2n) is 7.34. The van der Waals surface area contributed by atoms with Crippen LogP contribution in [0.4, 0.5) is 4.39 Å². The lowest BCUT2D eigenvalue weighted by molar-refractivity contribution is -0.133. The van der Waals surface area contributed by atoms with Gasteiger partial charge in [0.1, 0.15) is 11.4 Å². The van der Waals surface area contributed by atoms with Crippen molar-refractivity contribution in [3.8, 4) is 0 Å². The van der Waals surface area contributed by atoms with Crippen LogP contribution < -0.4 is 0 Å². The molecule has 2 fully saturated rings. The van der Waals surface area contributed by atoms with Gasteiger partial charge >= 0.3 is 0 Å². The molecule has 2 atom stereocenters. The Morgan fingerprint density at radius 1 is 1.41 bits per heavy atom. The number of aromatic nitrogens is 3. The van der Waals surface area contributed by atoms with Crippen molar-refractivity contribution in [2.75, 3.05) is 32.9 Å². The lowest BCUT2D eigenvalue weighted by atomic mass is 9.94.